The van der Waals surface area contributed by atoms with E-state index in [-0.39, 0.29) is 30.1 Å². The summed E-state index contributed by atoms with van der Waals surface area (Å²) < 4.78 is 18.6. The zero-order valence-electron chi connectivity index (χ0n) is 13.2. The maximum atomic E-state index is 13.0. The van der Waals surface area contributed by atoms with Crippen LogP contribution in [0.25, 0.3) is 11.0 Å². The third kappa shape index (κ3) is 3.59. The lowest BCUT2D eigenvalue weighted by Crippen LogP contribution is -2.31. The van der Waals surface area contributed by atoms with Gasteiger partial charge in [-0.15, -0.1) is 6.42 Å². The average molecular weight is 335 g/mol. The molecule has 0 aliphatic carbocycles. The summed E-state index contributed by atoms with van der Waals surface area (Å²) >= 11 is 0. The lowest BCUT2D eigenvalue weighted by molar-refractivity contribution is 0.0734. The summed E-state index contributed by atoms with van der Waals surface area (Å²) in [5.41, 5.74) is 0.751. The monoisotopic (exact) mass is 335 g/mol. The first-order valence-electron chi connectivity index (χ1n) is 7.58. The zero-order valence-corrected chi connectivity index (χ0v) is 13.2. The summed E-state index contributed by atoms with van der Waals surface area (Å²) in [7, 11) is 0. The molecule has 0 N–H and O–H groups in total. The van der Waals surface area contributed by atoms with Crippen molar-refractivity contribution in [3.63, 3.8) is 0 Å². The molecule has 2 aromatic carbocycles. The summed E-state index contributed by atoms with van der Waals surface area (Å²) in [6.07, 6.45) is 5.35. The first kappa shape index (κ1) is 16.5. The van der Waals surface area contributed by atoms with E-state index in [2.05, 4.69) is 5.92 Å². The van der Waals surface area contributed by atoms with Crippen LogP contribution in [-0.2, 0) is 6.54 Å². The van der Waals surface area contributed by atoms with Gasteiger partial charge in [-0.25, -0.2) is 4.39 Å². The molecule has 0 radical (unpaired) electrons. The van der Waals surface area contributed by atoms with Gasteiger partial charge in [-0.2, -0.15) is 0 Å². The van der Waals surface area contributed by atoms with Crippen LogP contribution in [0.2, 0.25) is 0 Å². The molecule has 1 amide bonds. The Bertz CT molecular complexity index is 1020. The van der Waals surface area contributed by atoms with Crippen LogP contribution in [0.15, 0.2) is 63.8 Å². The Morgan fingerprint density at radius 2 is 1.88 bits per heavy atom. The fraction of sp³-hybridized carbons (Fsp3) is 0.100. The van der Waals surface area contributed by atoms with E-state index < -0.39 is 5.91 Å². The van der Waals surface area contributed by atoms with Gasteiger partial charge in [0, 0.05) is 12.6 Å². The van der Waals surface area contributed by atoms with Gasteiger partial charge >= 0.3 is 0 Å². The number of terminal acetylenes is 1. The molecular formula is C20H14FNO3. The standard InChI is InChI=1S/C20H14FNO3/c1-2-11-22(13-14-7-9-15(21)10-8-14)20(24)19-12-17(23)16-5-3-4-6-18(16)25-19/h1,3-10,12H,11,13H2. The molecule has 3 aromatic rings. The van der Waals surface area contributed by atoms with Crippen molar-refractivity contribution in [2.75, 3.05) is 6.54 Å². The number of carbonyl (C=O) groups excluding carboxylic acids is 1. The van der Waals surface area contributed by atoms with Gasteiger partial charge in [0.2, 0.25) is 0 Å². The maximum Gasteiger partial charge on any atom is 0.290 e. The topological polar surface area (TPSA) is 50.5 Å². The quantitative estimate of drug-likeness (QED) is 0.688. The first-order valence-corrected chi connectivity index (χ1v) is 7.58. The fourth-order valence-corrected chi connectivity index (χ4v) is 2.49. The number of fused-ring (bicyclic) bond motifs is 1. The van der Waals surface area contributed by atoms with Gasteiger partial charge in [-0.1, -0.05) is 30.2 Å². The molecule has 3 rings (SSSR count). The van der Waals surface area contributed by atoms with E-state index in [1.54, 1.807) is 36.4 Å². The Labute approximate surface area is 143 Å². The molecular weight excluding hydrogens is 321 g/mol. The predicted octanol–water partition coefficient (Wildman–Crippen LogP) is 3.21. The normalized spacial score (nSPS) is 10.4. The van der Waals surface area contributed by atoms with Gasteiger partial charge in [0.25, 0.3) is 5.91 Å². The minimum atomic E-state index is -0.495. The minimum Gasteiger partial charge on any atom is -0.451 e. The van der Waals surface area contributed by atoms with Crippen LogP contribution < -0.4 is 5.43 Å². The number of rotatable bonds is 4. The van der Waals surface area contributed by atoms with Crippen molar-refractivity contribution in [1.29, 1.82) is 0 Å². The number of amides is 1. The molecule has 124 valence electrons. The van der Waals surface area contributed by atoms with Gasteiger partial charge in [0.05, 0.1) is 11.9 Å². The SMILES string of the molecule is C#CCN(Cc1ccc(F)cc1)C(=O)c1cc(=O)c2ccccc2o1. The summed E-state index contributed by atoms with van der Waals surface area (Å²) in [5, 5.41) is 0.404. The molecule has 4 nitrogen and oxygen atoms in total. The number of hydrogen-bond donors (Lipinski definition) is 0. The van der Waals surface area contributed by atoms with Gasteiger partial charge in [-0.3, -0.25) is 9.59 Å². The lowest BCUT2D eigenvalue weighted by Gasteiger charge is -2.19. The lowest BCUT2D eigenvalue weighted by atomic mass is 10.2. The Morgan fingerprint density at radius 1 is 1.16 bits per heavy atom. The molecule has 0 aliphatic heterocycles. The van der Waals surface area contributed by atoms with Gasteiger partial charge in [-0.05, 0) is 29.8 Å². The van der Waals surface area contributed by atoms with Crippen molar-refractivity contribution < 1.29 is 13.6 Å². The van der Waals surface area contributed by atoms with Crippen LogP contribution in [0, 0.1) is 18.2 Å². The molecule has 0 fully saturated rings. The van der Waals surface area contributed by atoms with Gasteiger partial charge < -0.3 is 9.32 Å². The highest BCUT2D eigenvalue weighted by Gasteiger charge is 2.19. The Balaban J connectivity index is 1.94. The molecule has 1 heterocycles. The smallest absolute Gasteiger partial charge is 0.290 e. The van der Waals surface area contributed by atoms with E-state index in [0.29, 0.717) is 16.5 Å². The van der Waals surface area contributed by atoms with Crippen LogP contribution >= 0.6 is 0 Å². The predicted molar refractivity (Wildman–Crippen MR) is 92.5 cm³/mol. The summed E-state index contributed by atoms with van der Waals surface area (Å²) in [4.78, 5) is 26.3. The summed E-state index contributed by atoms with van der Waals surface area (Å²) in [6, 6.07) is 13.6. The first-order chi connectivity index (χ1) is 12.1. The number of hydrogen-bond acceptors (Lipinski definition) is 3. The van der Waals surface area contributed by atoms with E-state index in [9.17, 15) is 14.0 Å². The highest BCUT2D eigenvalue weighted by atomic mass is 19.1. The number of halogens is 1. The Kier molecular flexibility index (Phi) is 4.62. The minimum absolute atomic E-state index is 0.0345. The van der Waals surface area contributed by atoms with Crippen molar-refractivity contribution in [3.8, 4) is 12.3 Å². The molecule has 0 aliphatic rings. The van der Waals surface area contributed by atoms with Crippen LogP contribution in [0.5, 0.6) is 0 Å². The molecule has 0 spiro atoms. The second kappa shape index (κ2) is 7.02. The molecule has 25 heavy (non-hydrogen) atoms. The Morgan fingerprint density at radius 3 is 2.60 bits per heavy atom. The van der Waals surface area contributed by atoms with Crippen molar-refractivity contribution in [1.82, 2.24) is 4.90 Å². The molecule has 5 heteroatoms. The van der Waals surface area contributed by atoms with E-state index in [4.69, 9.17) is 10.8 Å². The third-order valence-corrected chi connectivity index (χ3v) is 3.70. The zero-order chi connectivity index (χ0) is 17.8. The van der Waals surface area contributed by atoms with Gasteiger partial charge in [0.15, 0.2) is 11.2 Å². The molecule has 0 atom stereocenters. The maximum absolute atomic E-state index is 13.0. The fourth-order valence-electron chi connectivity index (χ4n) is 2.49. The highest BCUT2D eigenvalue weighted by Crippen LogP contribution is 2.15. The Hall–Kier alpha value is -3.39. The van der Waals surface area contributed by atoms with Crippen molar-refractivity contribution >= 4 is 16.9 Å². The molecule has 0 unspecified atom stereocenters. The van der Waals surface area contributed by atoms with Crippen LogP contribution in [0.3, 0.4) is 0 Å². The number of benzene rings is 2. The van der Waals surface area contributed by atoms with Crippen molar-refractivity contribution in [2.24, 2.45) is 0 Å². The average Bonchev–Trinajstić information content (AvgIpc) is 2.62. The molecule has 0 saturated heterocycles. The molecule has 0 bridgehead atoms. The van der Waals surface area contributed by atoms with E-state index in [1.807, 2.05) is 0 Å². The van der Waals surface area contributed by atoms with Gasteiger partial charge in [0.1, 0.15) is 11.4 Å². The largest absolute Gasteiger partial charge is 0.451 e. The summed E-state index contributed by atoms with van der Waals surface area (Å²) in [5.74, 6) is 1.47. The van der Waals surface area contributed by atoms with E-state index >= 15 is 0 Å². The highest BCUT2D eigenvalue weighted by molar-refractivity contribution is 5.93. The van der Waals surface area contributed by atoms with Crippen molar-refractivity contribution in [3.05, 3.63) is 82.0 Å². The molecule has 0 saturated carbocycles. The number of para-hydroxylation sites is 1. The second-order valence-electron chi connectivity index (χ2n) is 5.46. The number of nitrogens with zero attached hydrogens (tertiary/aromatic N) is 1. The summed E-state index contributed by atoms with van der Waals surface area (Å²) in [6.45, 7) is 0.215. The van der Waals surface area contributed by atoms with E-state index in [1.165, 1.54) is 23.1 Å². The third-order valence-electron chi connectivity index (χ3n) is 3.70. The second-order valence-corrected chi connectivity index (χ2v) is 5.46. The van der Waals surface area contributed by atoms with Crippen LogP contribution in [0.4, 0.5) is 4.39 Å². The molecule has 1 aromatic heterocycles. The van der Waals surface area contributed by atoms with Crippen LogP contribution in [0.1, 0.15) is 16.1 Å². The van der Waals surface area contributed by atoms with E-state index in [0.717, 1.165) is 0 Å². The van der Waals surface area contributed by atoms with Crippen molar-refractivity contribution in [2.45, 2.75) is 6.54 Å². The number of carbonyl (C=O) groups is 1. The van der Waals surface area contributed by atoms with Crippen LogP contribution in [-0.4, -0.2) is 17.4 Å².